The van der Waals surface area contributed by atoms with Crippen molar-refractivity contribution in [2.75, 3.05) is 19.0 Å². The van der Waals surface area contributed by atoms with Crippen LogP contribution in [0.4, 0.5) is 5.69 Å². The second kappa shape index (κ2) is 6.71. The molecule has 0 radical (unpaired) electrons. The van der Waals surface area contributed by atoms with Crippen LogP contribution in [0.25, 0.3) is 28.2 Å². The van der Waals surface area contributed by atoms with Crippen molar-refractivity contribution in [1.82, 2.24) is 8.75 Å². The molecule has 0 unspecified atom stereocenters. The summed E-state index contributed by atoms with van der Waals surface area (Å²) >= 11 is 1.17. The first-order valence-corrected chi connectivity index (χ1v) is 8.12. The highest BCUT2D eigenvalue weighted by molar-refractivity contribution is 7.00. The molecule has 0 bridgehead atoms. The maximum Gasteiger partial charge on any atom is 0.346 e. The molecule has 124 valence electrons. The Balaban J connectivity index is 2.03. The Morgan fingerprint density at radius 2 is 1.84 bits per heavy atom. The van der Waals surface area contributed by atoms with Crippen LogP contribution in [-0.4, -0.2) is 33.9 Å². The Morgan fingerprint density at radius 1 is 1.16 bits per heavy atom. The van der Waals surface area contributed by atoms with Gasteiger partial charge >= 0.3 is 5.97 Å². The molecule has 7 heteroatoms. The topological polar surface area (TPSA) is 90.1 Å². The Bertz CT molecular complexity index is 1010. The molecule has 0 spiro atoms. The molecule has 2 aromatic carbocycles. The number of rotatable bonds is 4. The largest absolute Gasteiger partial charge is 0.477 e. The Hall–Kier alpha value is -3.24. The van der Waals surface area contributed by atoms with E-state index in [0.717, 1.165) is 27.8 Å². The number of hydrogen-bond donors (Lipinski definition) is 1. The van der Waals surface area contributed by atoms with Gasteiger partial charge in [-0.15, -0.1) is 0 Å². The van der Waals surface area contributed by atoms with Gasteiger partial charge in [0, 0.05) is 19.7 Å². The van der Waals surface area contributed by atoms with Crippen LogP contribution in [0.5, 0.6) is 0 Å². The highest BCUT2D eigenvalue weighted by Crippen LogP contribution is 2.33. The van der Waals surface area contributed by atoms with Crippen molar-refractivity contribution in [2.24, 2.45) is 0 Å². The molecular formula is C18H14N4O2S. The second-order valence-corrected chi connectivity index (χ2v) is 6.11. The molecule has 1 N–H and O–H groups in total. The number of aromatic nitrogens is 2. The first-order chi connectivity index (χ1) is 12.0. The van der Waals surface area contributed by atoms with E-state index in [0.29, 0.717) is 5.56 Å². The van der Waals surface area contributed by atoms with Crippen LogP contribution in [0.15, 0.2) is 42.0 Å². The lowest BCUT2D eigenvalue weighted by molar-refractivity contribution is -0.132. The molecule has 3 aromatic rings. The van der Waals surface area contributed by atoms with Crippen LogP contribution in [0.1, 0.15) is 5.56 Å². The summed E-state index contributed by atoms with van der Waals surface area (Å²) in [6.45, 7) is 0. The summed E-state index contributed by atoms with van der Waals surface area (Å²) in [6, 6.07) is 13.0. The minimum atomic E-state index is -1.24. The highest BCUT2D eigenvalue weighted by atomic mass is 32.1. The number of benzene rings is 2. The molecule has 0 fully saturated rings. The number of fused-ring (bicyclic) bond motifs is 1. The quantitative estimate of drug-likeness (QED) is 0.573. The fraction of sp³-hybridized carbons (Fsp3) is 0.111. The number of carboxylic acids is 1. The van der Waals surface area contributed by atoms with Crippen LogP contribution >= 0.6 is 11.7 Å². The van der Waals surface area contributed by atoms with Crippen LogP contribution in [-0.2, 0) is 4.79 Å². The molecule has 0 saturated carbocycles. The first kappa shape index (κ1) is 16.6. The van der Waals surface area contributed by atoms with Gasteiger partial charge in [-0.25, -0.2) is 4.79 Å². The lowest BCUT2D eigenvalue weighted by atomic mass is 10.0. The zero-order chi connectivity index (χ0) is 18.0. The van der Waals surface area contributed by atoms with Crippen molar-refractivity contribution in [3.63, 3.8) is 0 Å². The third-order valence-corrected chi connectivity index (χ3v) is 4.29. The molecule has 0 amide bonds. The molecule has 0 aliphatic heterocycles. The maximum atomic E-state index is 10.9. The molecule has 0 aliphatic carbocycles. The third kappa shape index (κ3) is 3.20. The lowest BCUT2D eigenvalue weighted by Crippen LogP contribution is -2.09. The van der Waals surface area contributed by atoms with Gasteiger partial charge in [0.05, 0.1) is 17.4 Å². The van der Waals surface area contributed by atoms with E-state index >= 15 is 0 Å². The smallest absolute Gasteiger partial charge is 0.346 e. The normalized spacial score (nSPS) is 11.3. The van der Waals surface area contributed by atoms with E-state index in [1.54, 1.807) is 18.2 Å². The van der Waals surface area contributed by atoms with Crippen LogP contribution < -0.4 is 4.90 Å². The van der Waals surface area contributed by atoms with Gasteiger partial charge in [-0.05, 0) is 29.3 Å². The summed E-state index contributed by atoms with van der Waals surface area (Å²) in [5.41, 5.74) is 4.97. The Morgan fingerprint density at radius 3 is 2.44 bits per heavy atom. The van der Waals surface area contributed by atoms with Gasteiger partial charge in [-0.1, -0.05) is 24.3 Å². The van der Waals surface area contributed by atoms with E-state index < -0.39 is 5.97 Å². The Labute approximate surface area is 148 Å². The number of anilines is 1. The predicted octanol–water partition coefficient (Wildman–Crippen LogP) is 3.42. The molecule has 25 heavy (non-hydrogen) atoms. The number of nitriles is 1. The van der Waals surface area contributed by atoms with Crippen molar-refractivity contribution in [2.45, 2.75) is 0 Å². The van der Waals surface area contributed by atoms with E-state index in [1.807, 2.05) is 43.3 Å². The number of carbonyl (C=O) groups is 1. The zero-order valence-corrected chi connectivity index (χ0v) is 14.4. The van der Waals surface area contributed by atoms with Gasteiger partial charge in [0.15, 0.2) is 0 Å². The van der Waals surface area contributed by atoms with Gasteiger partial charge in [0.1, 0.15) is 22.7 Å². The van der Waals surface area contributed by atoms with E-state index in [-0.39, 0.29) is 5.57 Å². The van der Waals surface area contributed by atoms with Crippen LogP contribution in [0.2, 0.25) is 0 Å². The molecule has 3 rings (SSSR count). The SMILES string of the molecule is CN(C)c1ccc(-c2ccc(/C=C(/C#N)C(=O)O)cc2)c2nsnc12. The van der Waals surface area contributed by atoms with Crippen molar-refractivity contribution in [1.29, 1.82) is 5.26 Å². The summed E-state index contributed by atoms with van der Waals surface area (Å²) in [4.78, 5) is 12.9. The average Bonchev–Trinajstić information content (AvgIpc) is 3.08. The summed E-state index contributed by atoms with van der Waals surface area (Å²) < 4.78 is 8.81. The summed E-state index contributed by atoms with van der Waals surface area (Å²) in [6.07, 6.45) is 1.35. The third-order valence-electron chi connectivity index (χ3n) is 3.76. The first-order valence-electron chi connectivity index (χ1n) is 7.39. The summed E-state index contributed by atoms with van der Waals surface area (Å²) in [5, 5.41) is 17.8. The summed E-state index contributed by atoms with van der Waals surface area (Å²) in [7, 11) is 3.92. The zero-order valence-electron chi connectivity index (χ0n) is 13.6. The standard InChI is InChI=1S/C18H14N4O2S/c1-22(2)15-8-7-14(16-17(15)21-25-20-16)12-5-3-11(4-6-12)9-13(10-19)18(23)24/h3-9H,1-2H3,(H,23,24)/b13-9-. The van der Waals surface area contributed by atoms with Gasteiger partial charge in [0.2, 0.25) is 0 Å². The molecule has 0 saturated heterocycles. The predicted molar refractivity (Wildman–Crippen MR) is 98.4 cm³/mol. The molecule has 6 nitrogen and oxygen atoms in total. The number of aliphatic carboxylic acids is 1. The molecule has 0 atom stereocenters. The lowest BCUT2D eigenvalue weighted by Gasteiger charge is -2.14. The second-order valence-electron chi connectivity index (χ2n) is 5.59. The van der Waals surface area contributed by atoms with Gasteiger partial charge in [-0.2, -0.15) is 14.0 Å². The highest BCUT2D eigenvalue weighted by Gasteiger charge is 2.13. The molecule has 1 heterocycles. The molecular weight excluding hydrogens is 336 g/mol. The van der Waals surface area contributed by atoms with Crippen molar-refractivity contribution < 1.29 is 9.90 Å². The van der Waals surface area contributed by atoms with E-state index in [9.17, 15) is 4.79 Å². The minimum absolute atomic E-state index is 0.297. The fourth-order valence-corrected chi connectivity index (χ4v) is 3.08. The molecule has 0 aliphatic rings. The monoisotopic (exact) mass is 350 g/mol. The number of hydrogen-bond acceptors (Lipinski definition) is 6. The van der Waals surface area contributed by atoms with Crippen LogP contribution in [0.3, 0.4) is 0 Å². The van der Waals surface area contributed by atoms with Gasteiger partial charge < -0.3 is 10.0 Å². The van der Waals surface area contributed by atoms with E-state index in [2.05, 4.69) is 8.75 Å². The van der Waals surface area contributed by atoms with Gasteiger partial charge in [0.25, 0.3) is 0 Å². The van der Waals surface area contributed by atoms with Crippen molar-refractivity contribution in [3.8, 4) is 17.2 Å². The van der Waals surface area contributed by atoms with Crippen molar-refractivity contribution >= 4 is 40.5 Å². The number of carboxylic acid groups (broad SMARTS) is 1. The fourth-order valence-electron chi connectivity index (χ4n) is 2.51. The maximum absolute atomic E-state index is 10.9. The van der Waals surface area contributed by atoms with E-state index in [4.69, 9.17) is 10.4 Å². The average molecular weight is 350 g/mol. The molecule has 1 aromatic heterocycles. The minimum Gasteiger partial charge on any atom is -0.477 e. The summed E-state index contributed by atoms with van der Waals surface area (Å²) in [5.74, 6) is -1.24. The van der Waals surface area contributed by atoms with E-state index in [1.165, 1.54) is 17.8 Å². The van der Waals surface area contributed by atoms with Gasteiger partial charge in [-0.3, -0.25) is 0 Å². The number of nitrogens with zero attached hydrogens (tertiary/aromatic N) is 4. The Kier molecular flexibility index (Phi) is 4.46. The van der Waals surface area contributed by atoms with Crippen LogP contribution in [0, 0.1) is 11.3 Å². The van der Waals surface area contributed by atoms with Crippen molar-refractivity contribution in [3.05, 3.63) is 47.5 Å².